The predicted molar refractivity (Wildman–Crippen MR) is 225 cm³/mol. The molecule has 0 spiro atoms. The van der Waals surface area contributed by atoms with Crippen LogP contribution in [0.15, 0.2) is 0 Å². The summed E-state index contributed by atoms with van der Waals surface area (Å²) in [6.07, 6.45) is 38.1. The average molecular weight is 737 g/mol. The molecule has 0 bridgehead atoms. The minimum absolute atomic E-state index is 0.00698. The van der Waals surface area contributed by atoms with Crippen molar-refractivity contribution in [3.8, 4) is 0 Å². The lowest BCUT2D eigenvalue weighted by atomic mass is 9.91. The largest absolute Gasteiger partial charge is 0.466 e. The fraction of sp³-hybridized carbons (Fsp3) is 0.957. The standard InChI is InChI=1S/C46H92N2O4/c1-5-9-19-29-43(30-20-10-6-2)33-27-41-51-45(49)35-23-15-13-17-25-38-48(40-37-47)39-26-18-14-16-24-36-46(50)52-42-28-34-44(31-21-11-7-3)32-22-12-8-4/h43-44H,5-42,47H2,1-4H3. The highest BCUT2D eigenvalue weighted by atomic mass is 16.5. The molecule has 0 saturated carbocycles. The predicted octanol–water partition coefficient (Wildman–Crippen LogP) is 13.1. The normalized spacial score (nSPS) is 11.7. The molecule has 0 aromatic carbocycles. The maximum atomic E-state index is 12.2. The van der Waals surface area contributed by atoms with Crippen molar-refractivity contribution < 1.29 is 19.1 Å². The van der Waals surface area contributed by atoms with E-state index < -0.39 is 0 Å². The zero-order valence-electron chi connectivity index (χ0n) is 35.7. The summed E-state index contributed by atoms with van der Waals surface area (Å²) in [6, 6.07) is 0. The Morgan fingerprint density at radius 1 is 0.423 bits per heavy atom. The third-order valence-electron chi connectivity index (χ3n) is 11.1. The summed E-state index contributed by atoms with van der Waals surface area (Å²) < 4.78 is 11.2. The fourth-order valence-corrected chi connectivity index (χ4v) is 7.65. The third-order valence-corrected chi connectivity index (χ3v) is 11.1. The number of carbonyl (C=O) groups excluding carboxylic acids is 2. The van der Waals surface area contributed by atoms with Crippen LogP contribution in [0.25, 0.3) is 0 Å². The Bertz CT molecular complexity index is 670. The molecule has 310 valence electrons. The number of rotatable bonds is 42. The molecule has 0 amide bonds. The molecule has 2 N–H and O–H groups in total. The van der Waals surface area contributed by atoms with Gasteiger partial charge in [-0.15, -0.1) is 0 Å². The molecule has 6 nitrogen and oxygen atoms in total. The molecule has 0 heterocycles. The second kappa shape index (κ2) is 41.0. The molecular weight excluding hydrogens is 645 g/mol. The lowest BCUT2D eigenvalue weighted by molar-refractivity contribution is -0.144. The summed E-state index contributed by atoms with van der Waals surface area (Å²) in [5.74, 6) is 1.60. The zero-order chi connectivity index (χ0) is 38.2. The van der Waals surface area contributed by atoms with Crippen molar-refractivity contribution in [1.29, 1.82) is 0 Å². The SMILES string of the molecule is CCCCCC(CCCCC)CCCOC(=O)CCCCCCCN(CCN)CCCCCCCC(=O)OCCCC(CCCCC)CCCCC. The Balaban J connectivity index is 3.85. The van der Waals surface area contributed by atoms with Crippen LogP contribution in [0.1, 0.15) is 233 Å². The maximum Gasteiger partial charge on any atom is 0.305 e. The highest BCUT2D eigenvalue weighted by Crippen LogP contribution is 2.24. The maximum absolute atomic E-state index is 12.2. The Hall–Kier alpha value is -1.14. The Kier molecular flexibility index (Phi) is 40.1. The van der Waals surface area contributed by atoms with E-state index in [1.807, 2.05) is 0 Å². The molecule has 0 aliphatic heterocycles. The highest BCUT2D eigenvalue weighted by molar-refractivity contribution is 5.69. The molecule has 0 saturated heterocycles. The molecule has 0 aliphatic rings. The Labute approximate surface area is 325 Å². The van der Waals surface area contributed by atoms with Crippen molar-refractivity contribution in [2.45, 2.75) is 233 Å². The van der Waals surface area contributed by atoms with Crippen molar-refractivity contribution in [1.82, 2.24) is 4.90 Å². The number of unbranched alkanes of at least 4 members (excludes halogenated alkanes) is 16. The van der Waals surface area contributed by atoms with Crippen molar-refractivity contribution in [2.75, 3.05) is 39.4 Å². The number of ether oxygens (including phenoxy) is 2. The van der Waals surface area contributed by atoms with Crippen LogP contribution >= 0.6 is 0 Å². The molecule has 0 unspecified atom stereocenters. The van der Waals surface area contributed by atoms with Gasteiger partial charge in [0.2, 0.25) is 0 Å². The summed E-state index contributed by atoms with van der Waals surface area (Å²) in [6.45, 7) is 14.2. The summed E-state index contributed by atoms with van der Waals surface area (Å²) in [4.78, 5) is 27.0. The van der Waals surface area contributed by atoms with E-state index in [1.165, 1.54) is 154 Å². The van der Waals surface area contributed by atoms with E-state index in [-0.39, 0.29) is 11.9 Å². The minimum atomic E-state index is -0.00698. The highest BCUT2D eigenvalue weighted by Gasteiger charge is 2.11. The lowest BCUT2D eigenvalue weighted by Gasteiger charge is -2.21. The van der Waals surface area contributed by atoms with Crippen LogP contribution in [-0.2, 0) is 19.1 Å². The van der Waals surface area contributed by atoms with E-state index in [2.05, 4.69) is 32.6 Å². The Morgan fingerprint density at radius 3 is 1.10 bits per heavy atom. The van der Waals surface area contributed by atoms with Crippen molar-refractivity contribution in [2.24, 2.45) is 17.6 Å². The molecule has 6 heteroatoms. The van der Waals surface area contributed by atoms with Gasteiger partial charge in [-0.3, -0.25) is 9.59 Å². The van der Waals surface area contributed by atoms with Gasteiger partial charge in [0.15, 0.2) is 0 Å². The van der Waals surface area contributed by atoms with Crippen molar-refractivity contribution in [3.63, 3.8) is 0 Å². The van der Waals surface area contributed by atoms with E-state index in [9.17, 15) is 9.59 Å². The van der Waals surface area contributed by atoms with E-state index in [1.54, 1.807) is 0 Å². The van der Waals surface area contributed by atoms with Gasteiger partial charge in [0.05, 0.1) is 13.2 Å². The number of hydrogen-bond donors (Lipinski definition) is 1. The first kappa shape index (κ1) is 50.9. The van der Waals surface area contributed by atoms with Crippen molar-refractivity contribution in [3.05, 3.63) is 0 Å². The lowest BCUT2D eigenvalue weighted by Crippen LogP contribution is -2.31. The van der Waals surface area contributed by atoms with Crippen LogP contribution in [0.5, 0.6) is 0 Å². The van der Waals surface area contributed by atoms with Crippen LogP contribution in [0.4, 0.5) is 0 Å². The monoisotopic (exact) mass is 737 g/mol. The smallest absolute Gasteiger partial charge is 0.305 e. The van der Waals surface area contributed by atoms with Gasteiger partial charge in [0.1, 0.15) is 0 Å². The molecule has 52 heavy (non-hydrogen) atoms. The van der Waals surface area contributed by atoms with Gasteiger partial charge in [-0.1, -0.05) is 169 Å². The van der Waals surface area contributed by atoms with Crippen LogP contribution in [0.3, 0.4) is 0 Å². The van der Waals surface area contributed by atoms with Crippen molar-refractivity contribution >= 4 is 11.9 Å². The van der Waals surface area contributed by atoms with Crippen LogP contribution in [0.2, 0.25) is 0 Å². The number of nitrogens with zero attached hydrogens (tertiary/aromatic N) is 1. The van der Waals surface area contributed by atoms with Gasteiger partial charge in [0.25, 0.3) is 0 Å². The van der Waals surface area contributed by atoms with Crippen LogP contribution in [-0.4, -0.2) is 56.2 Å². The minimum Gasteiger partial charge on any atom is -0.466 e. The third kappa shape index (κ3) is 35.9. The molecule has 0 aromatic heterocycles. The summed E-state index contributed by atoms with van der Waals surface area (Å²) in [5, 5.41) is 0. The first-order chi connectivity index (χ1) is 25.5. The average Bonchev–Trinajstić information content (AvgIpc) is 3.14. The van der Waals surface area contributed by atoms with Gasteiger partial charge < -0.3 is 20.1 Å². The van der Waals surface area contributed by atoms with Gasteiger partial charge >= 0.3 is 11.9 Å². The van der Waals surface area contributed by atoms with E-state index >= 15 is 0 Å². The molecule has 0 aliphatic carbocycles. The van der Waals surface area contributed by atoms with Crippen LogP contribution in [0, 0.1) is 11.8 Å². The zero-order valence-corrected chi connectivity index (χ0v) is 35.7. The quantitative estimate of drug-likeness (QED) is 0.0496. The van der Waals surface area contributed by atoms with E-state index in [0.29, 0.717) is 32.6 Å². The van der Waals surface area contributed by atoms with E-state index in [0.717, 1.165) is 70.0 Å². The first-order valence-electron chi connectivity index (χ1n) is 23.2. The summed E-state index contributed by atoms with van der Waals surface area (Å²) in [5.41, 5.74) is 5.91. The van der Waals surface area contributed by atoms with Gasteiger partial charge in [-0.25, -0.2) is 0 Å². The van der Waals surface area contributed by atoms with Gasteiger partial charge in [-0.05, 0) is 76.3 Å². The summed E-state index contributed by atoms with van der Waals surface area (Å²) in [7, 11) is 0. The number of nitrogens with two attached hydrogens (primary N) is 1. The fourth-order valence-electron chi connectivity index (χ4n) is 7.65. The Morgan fingerprint density at radius 2 is 0.750 bits per heavy atom. The van der Waals surface area contributed by atoms with Gasteiger partial charge in [0, 0.05) is 25.9 Å². The molecule has 0 radical (unpaired) electrons. The second-order valence-corrected chi connectivity index (χ2v) is 16.1. The number of carbonyl (C=O) groups is 2. The molecule has 0 atom stereocenters. The number of esters is 2. The second-order valence-electron chi connectivity index (χ2n) is 16.1. The first-order valence-corrected chi connectivity index (χ1v) is 23.2. The van der Waals surface area contributed by atoms with Gasteiger partial charge in [-0.2, -0.15) is 0 Å². The summed E-state index contributed by atoms with van der Waals surface area (Å²) >= 11 is 0. The number of hydrogen-bond acceptors (Lipinski definition) is 6. The molecule has 0 aromatic rings. The topological polar surface area (TPSA) is 81.9 Å². The molecule has 0 fully saturated rings. The molecular formula is C46H92N2O4. The molecule has 0 rings (SSSR count). The van der Waals surface area contributed by atoms with E-state index in [4.69, 9.17) is 15.2 Å². The van der Waals surface area contributed by atoms with Crippen LogP contribution < -0.4 is 5.73 Å².